The fraction of sp³-hybridized carbons (Fsp3) is 0.105. The Bertz CT molecular complexity index is 1040. The second-order valence-corrected chi connectivity index (χ2v) is 5.78. The first-order chi connectivity index (χ1) is 11.1. The van der Waals surface area contributed by atoms with E-state index in [4.69, 9.17) is 4.42 Å². The summed E-state index contributed by atoms with van der Waals surface area (Å²) in [6.45, 7) is 3.94. The summed E-state index contributed by atoms with van der Waals surface area (Å²) in [6, 6.07) is 15.6. The van der Waals surface area contributed by atoms with Gasteiger partial charge in [-0.05, 0) is 37.6 Å². The van der Waals surface area contributed by atoms with Crippen LogP contribution in [0.15, 0.2) is 52.9 Å². The van der Waals surface area contributed by atoms with Crippen molar-refractivity contribution in [1.29, 1.82) is 0 Å². The highest BCUT2D eigenvalue weighted by Gasteiger charge is 2.16. The molecule has 4 nitrogen and oxygen atoms in total. The molecule has 0 atom stereocenters. The Morgan fingerprint density at radius 2 is 1.91 bits per heavy atom. The van der Waals surface area contributed by atoms with E-state index in [9.17, 15) is 4.79 Å². The summed E-state index contributed by atoms with van der Waals surface area (Å²) >= 11 is 0. The van der Waals surface area contributed by atoms with Gasteiger partial charge in [-0.3, -0.25) is 4.79 Å². The highest BCUT2D eigenvalue weighted by Crippen LogP contribution is 2.28. The maximum absolute atomic E-state index is 12.5. The summed E-state index contributed by atoms with van der Waals surface area (Å²) in [6.07, 6.45) is 0. The lowest BCUT2D eigenvalue weighted by molar-refractivity contribution is 0.0998. The second-order valence-electron chi connectivity index (χ2n) is 5.78. The molecule has 2 aromatic heterocycles. The molecule has 0 fully saturated rings. The topological polar surface area (TPSA) is 58.0 Å². The van der Waals surface area contributed by atoms with E-state index in [2.05, 4.69) is 10.3 Å². The molecule has 4 rings (SSSR count). The van der Waals surface area contributed by atoms with E-state index in [1.54, 1.807) is 6.07 Å². The fourth-order valence-corrected chi connectivity index (χ4v) is 2.86. The van der Waals surface area contributed by atoms with Gasteiger partial charge in [0.25, 0.3) is 5.91 Å². The van der Waals surface area contributed by atoms with Crippen LogP contribution in [0.25, 0.3) is 21.9 Å². The van der Waals surface area contributed by atoms with Crippen molar-refractivity contribution in [2.75, 3.05) is 5.32 Å². The lowest BCUT2D eigenvalue weighted by atomic mass is 10.2. The van der Waals surface area contributed by atoms with Gasteiger partial charge in [-0.15, -0.1) is 0 Å². The molecule has 4 aromatic rings. The van der Waals surface area contributed by atoms with Crippen molar-refractivity contribution >= 4 is 33.5 Å². The number of carbonyl (C=O) groups is 1. The molecule has 0 aliphatic carbocycles. The number of aromatic nitrogens is 1. The highest BCUT2D eigenvalue weighted by atomic mass is 16.3. The van der Waals surface area contributed by atoms with Crippen LogP contribution in [-0.4, -0.2) is 10.9 Å². The Hall–Kier alpha value is -3.01. The summed E-state index contributed by atoms with van der Waals surface area (Å²) in [4.78, 5) is 15.8. The van der Waals surface area contributed by atoms with Crippen LogP contribution in [0.5, 0.6) is 0 Å². The van der Waals surface area contributed by atoms with Gasteiger partial charge in [0.2, 0.25) is 0 Å². The van der Waals surface area contributed by atoms with Crippen molar-refractivity contribution < 1.29 is 9.21 Å². The highest BCUT2D eigenvalue weighted by molar-refractivity contribution is 6.09. The maximum atomic E-state index is 12.5. The molecule has 0 unspecified atom stereocenters. The zero-order valence-electron chi connectivity index (χ0n) is 12.9. The van der Waals surface area contributed by atoms with Gasteiger partial charge in [0.15, 0.2) is 5.76 Å². The van der Waals surface area contributed by atoms with Crippen molar-refractivity contribution in [2.24, 2.45) is 0 Å². The summed E-state index contributed by atoms with van der Waals surface area (Å²) in [5.74, 6) is 0.0713. The second kappa shape index (κ2) is 5.02. The van der Waals surface area contributed by atoms with Crippen LogP contribution in [-0.2, 0) is 0 Å². The third-order valence-electron chi connectivity index (χ3n) is 4.03. The van der Waals surface area contributed by atoms with E-state index in [0.717, 1.165) is 38.8 Å². The lowest BCUT2D eigenvalue weighted by Crippen LogP contribution is -2.11. The minimum absolute atomic E-state index is 0.244. The first-order valence-electron chi connectivity index (χ1n) is 7.51. The van der Waals surface area contributed by atoms with Crippen molar-refractivity contribution in [2.45, 2.75) is 13.8 Å². The van der Waals surface area contributed by atoms with Gasteiger partial charge in [0.1, 0.15) is 5.58 Å². The molecule has 0 aliphatic rings. The zero-order chi connectivity index (χ0) is 16.0. The molecule has 114 valence electrons. The number of para-hydroxylation sites is 1. The number of furan rings is 1. The van der Waals surface area contributed by atoms with Crippen LogP contribution in [0.4, 0.5) is 5.69 Å². The van der Waals surface area contributed by atoms with E-state index in [-0.39, 0.29) is 5.91 Å². The molecule has 0 aliphatic heterocycles. The standard InChI is InChI=1S/C19H16N2O2/c1-11-7-8-13-10-17(23-16(13)9-11)19(22)21-18-12(2)20-15-6-4-3-5-14(15)18/h3-10,20H,1-2H3,(H,21,22). The normalized spacial score (nSPS) is 11.2. The molecule has 0 spiro atoms. The molecule has 0 bridgehead atoms. The SMILES string of the molecule is Cc1ccc2cc(C(=O)Nc3c(C)[nH]c4ccccc34)oc2c1. The third-order valence-corrected chi connectivity index (χ3v) is 4.03. The smallest absolute Gasteiger partial charge is 0.291 e. The van der Waals surface area contributed by atoms with Gasteiger partial charge in [-0.1, -0.05) is 30.3 Å². The minimum Gasteiger partial charge on any atom is -0.451 e. The molecule has 23 heavy (non-hydrogen) atoms. The quantitative estimate of drug-likeness (QED) is 0.559. The average molecular weight is 304 g/mol. The number of anilines is 1. The molecule has 0 saturated heterocycles. The van der Waals surface area contributed by atoms with E-state index in [1.807, 2.05) is 56.3 Å². The number of hydrogen-bond donors (Lipinski definition) is 2. The number of hydrogen-bond acceptors (Lipinski definition) is 2. The summed E-state index contributed by atoms with van der Waals surface area (Å²) in [7, 11) is 0. The van der Waals surface area contributed by atoms with Gasteiger partial charge >= 0.3 is 0 Å². The third kappa shape index (κ3) is 2.28. The first-order valence-corrected chi connectivity index (χ1v) is 7.51. The van der Waals surface area contributed by atoms with Gasteiger partial charge in [0, 0.05) is 22.0 Å². The Kier molecular flexibility index (Phi) is 2.98. The van der Waals surface area contributed by atoms with Crippen LogP contribution in [0.3, 0.4) is 0 Å². The predicted octanol–water partition coefficient (Wildman–Crippen LogP) is 4.78. The first kappa shape index (κ1) is 13.6. The fourth-order valence-electron chi connectivity index (χ4n) is 2.86. The molecular formula is C19H16N2O2. The molecule has 0 radical (unpaired) electrons. The number of aromatic amines is 1. The molecule has 0 saturated carbocycles. The van der Waals surface area contributed by atoms with E-state index >= 15 is 0 Å². The molecular weight excluding hydrogens is 288 g/mol. The average Bonchev–Trinajstić information content (AvgIpc) is 3.08. The number of carbonyl (C=O) groups excluding carboxylic acids is 1. The van der Waals surface area contributed by atoms with Gasteiger partial charge in [-0.25, -0.2) is 0 Å². The van der Waals surface area contributed by atoms with E-state index in [1.165, 1.54) is 0 Å². The summed E-state index contributed by atoms with van der Waals surface area (Å²) in [5, 5.41) is 4.88. The number of aryl methyl sites for hydroxylation is 2. The number of H-pyrrole nitrogens is 1. The predicted molar refractivity (Wildman–Crippen MR) is 91.9 cm³/mol. The Balaban J connectivity index is 1.72. The Morgan fingerprint density at radius 1 is 1.09 bits per heavy atom. The molecule has 4 heteroatoms. The monoisotopic (exact) mass is 304 g/mol. The van der Waals surface area contributed by atoms with Crippen LogP contribution in [0.1, 0.15) is 21.8 Å². The largest absolute Gasteiger partial charge is 0.451 e. The zero-order valence-corrected chi connectivity index (χ0v) is 12.9. The number of rotatable bonds is 2. The van der Waals surface area contributed by atoms with Crippen molar-refractivity contribution in [1.82, 2.24) is 4.98 Å². The van der Waals surface area contributed by atoms with Crippen LogP contribution >= 0.6 is 0 Å². The lowest BCUT2D eigenvalue weighted by Gasteiger charge is -2.03. The summed E-state index contributed by atoms with van der Waals surface area (Å²) < 4.78 is 5.69. The van der Waals surface area contributed by atoms with Gasteiger partial charge in [0.05, 0.1) is 5.69 Å². The van der Waals surface area contributed by atoms with Crippen LogP contribution in [0, 0.1) is 13.8 Å². The molecule has 2 aromatic carbocycles. The molecule has 1 amide bonds. The van der Waals surface area contributed by atoms with Crippen molar-refractivity contribution in [3.8, 4) is 0 Å². The van der Waals surface area contributed by atoms with Crippen molar-refractivity contribution in [3.05, 3.63) is 65.5 Å². The van der Waals surface area contributed by atoms with Crippen molar-refractivity contribution in [3.63, 3.8) is 0 Å². The Morgan fingerprint density at radius 3 is 2.78 bits per heavy atom. The summed E-state index contributed by atoms with van der Waals surface area (Å²) in [5.41, 5.74) is 4.55. The maximum Gasteiger partial charge on any atom is 0.291 e. The number of nitrogens with one attached hydrogen (secondary N) is 2. The van der Waals surface area contributed by atoms with Crippen LogP contribution < -0.4 is 5.32 Å². The van der Waals surface area contributed by atoms with Gasteiger partial charge < -0.3 is 14.7 Å². The number of fused-ring (bicyclic) bond motifs is 2. The molecule has 2 N–H and O–H groups in total. The van der Waals surface area contributed by atoms with E-state index < -0.39 is 0 Å². The number of benzene rings is 2. The minimum atomic E-state index is -0.244. The molecule has 2 heterocycles. The van der Waals surface area contributed by atoms with E-state index in [0.29, 0.717) is 5.76 Å². The number of amides is 1. The van der Waals surface area contributed by atoms with Crippen LogP contribution in [0.2, 0.25) is 0 Å². The Labute approximate surface area is 133 Å². The van der Waals surface area contributed by atoms with Gasteiger partial charge in [-0.2, -0.15) is 0 Å².